The van der Waals surface area contributed by atoms with Gasteiger partial charge in [-0.15, -0.1) is 0 Å². The van der Waals surface area contributed by atoms with Gasteiger partial charge in [-0.2, -0.15) is 0 Å². The molecule has 1 amide bonds. The number of benzene rings is 1. The topological polar surface area (TPSA) is 111 Å². The Morgan fingerprint density at radius 1 is 1.17 bits per heavy atom. The van der Waals surface area contributed by atoms with Crippen LogP contribution in [0.25, 0.3) is 33.8 Å². The summed E-state index contributed by atoms with van der Waals surface area (Å²) in [5, 5.41) is 6.71. The molecule has 2 atom stereocenters. The SMILES string of the molecule is CCn1c(-c2cnc(C)nc2)nc2c(-c3ccc4c(c3)C(C)(N[C@@H](C)C3CCC3)C(=O)N4)ncnc21. The highest BCUT2D eigenvalue weighted by Gasteiger charge is 2.45. The van der Waals surface area contributed by atoms with Gasteiger partial charge in [0.1, 0.15) is 34.7 Å². The molecule has 2 N–H and O–H groups in total. The first-order chi connectivity index (χ1) is 17.4. The predicted octanol–water partition coefficient (Wildman–Crippen LogP) is 4.22. The van der Waals surface area contributed by atoms with Crippen molar-refractivity contribution in [3.8, 4) is 22.6 Å². The quantitative estimate of drug-likeness (QED) is 0.423. The minimum absolute atomic E-state index is 0.0226. The summed E-state index contributed by atoms with van der Waals surface area (Å²) in [5.74, 6) is 2.06. The largest absolute Gasteiger partial charge is 0.324 e. The molecule has 9 heteroatoms. The maximum atomic E-state index is 13.1. The number of amides is 1. The van der Waals surface area contributed by atoms with E-state index < -0.39 is 5.54 Å². The second kappa shape index (κ2) is 8.44. The van der Waals surface area contributed by atoms with E-state index in [0.717, 1.165) is 39.5 Å². The van der Waals surface area contributed by atoms with Crippen molar-refractivity contribution in [2.75, 3.05) is 5.32 Å². The lowest BCUT2D eigenvalue weighted by Crippen LogP contribution is -2.52. The van der Waals surface area contributed by atoms with Gasteiger partial charge in [-0.3, -0.25) is 10.1 Å². The number of nitrogens with one attached hydrogen (secondary N) is 2. The molecule has 1 aliphatic carbocycles. The minimum atomic E-state index is -0.806. The molecule has 9 nitrogen and oxygen atoms in total. The predicted molar refractivity (Wildman–Crippen MR) is 138 cm³/mol. The van der Waals surface area contributed by atoms with Crippen LogP contribution < -0.4 is 10.6 Å². The van der Waals surface area contributed by atoms with Crippen LogP contribution in [0, 0.1) is 12.8 Å². The maximum Gasteiger partial charge on any atom is 0.249 e. The minimum Gasteiger partial charge on any atom is -0.324 e. The lowest BCUT2D eigenvalue weighted by molar-refractivity contribution is -0.121. The number of carbonyl (C=O) groups excluding carboxylic acids is 1. The third kappa shape index (κ3) is 3.49. The lowest BCUT2D eigenvalue weighted by atomic mass is 9.79. The van der Waals surface area contributed by atoms with Gasteiger partial charge in [0.05, 0.1) is 5.56 Å². The number of nitrogens with zero attached hydrogens (tertiary/aromatic N) is 6. The Balaban J connectivity index is 1.45. The Kier molecular flexibility index (Phi) is 5.33. The van der Waals surface area contributed by atoms with Gasteiger partial charge in [-0.1, -0.05) is 12.5 Å². The van der Waals surface area contributed by atoms with Crippen molar-refractivity contribution in [1.29, 1.82) is 0 Å². The average molecular weight is 483 g/mol. The highest BCUT2D eigenvalue weighted by Crippen LogP contribution is 2.41. The van der Waals surface area contributed by atoms with E-state index in [0.29, 0.717) is 23.8 Å². The molecule has 1 saturated carbocycles. The van der Waals surface area contributed by atoms with Crippen LogP contribution in [0.4, 0.5) is 5.69 Å². The van der Waals surface area contributed by atoms with Gasteiger partial charge in [-0.25, -0.2) is 24.9 Å². The zero-order valence-corrected chi connectivity index (χ0v) is 21.0. The Bertz CT molecular complexity index is 1470. The summed E-state index contributed by atoms with van der Waals surface area (Å²) in [6.45, 7) is 8.78. The number of aromatic nitrogens is 6. The summed E-state index contributed by atoms with van der Waals surface area (Å²) >= 11 is 0. The number of fused-ring (bicyclic) bond motifs is 2. The van der Waals surface area contributed by atoms with Crippen molar-refractivity contribution in [3.05, 3.63) is 48.3 Å². The van der Waals surface area contributed by atoms with E-state index in [9.17, 15) is 4.79 Å². The molecular weight excluding hydrogens is 452 g/mol. The van der Waals surface area contributed by atoms with Crippen LogP contribution in [0.1, 0.15) is 51.4 Å². The van der Waals surface area contributed by atoms with E-state index in [4.69, 9.17) is 4.98 Å². The van der Waals surface area contributed by atoms with Crippen LogP contribution in [-0.4, -0.2) is 41.4 Å². The van der Waals surface area contributed by atoms with Crippen molar-refractivity contribution >= 4 is 22.8 Å². The Morgan fingerprint density at radius 3 is 2.64 bits per heavy atom. The van der Waals surface area contributed by atoms with Gasteiger partial charge >= 0.3 is 0 Å². The number of rotatable bonds is 6. The molecule has 1 aromatic carbocycles. The lowest BCUT2D eigenvalue weighted by Gasteiger charge is -2.37. The van der Waals surface area contributed by atoms with Crippen molar-refractivity contribution in [1.82, 2.24) is 34.8 Å². The molecule has 1 unspecified atom stereocenters. The Hall–Kier alpha value is -3.72. The van der Waals surface area contributed by atoms with E-state index in [-0.39, 0.29) is 11.9 Å². The van der Waals surface area contributed by atoms with Crippen LogP contribution in [0.3, 0.4) is 0 Å². The van der Waals surface area contributed by atoms with Crippen LogP contribution in [-0.2, 0) is 16.9 Å². The van der Waals surface area contributed by atoms with Crippen molar-refractivity contribution < 1.29 is 4.79 Å². The van der Waals surface area contributed by atoms with Gasteiger partial charge in [0.25, 0.3) is 0 Å². The molecule has 6 rings (SSSR count). The summed E-state index contributed by atoms with van der Waals surface area (Å²) in [6.07, 6.45) is 8.85. The Labute approximate surface area is 209 Å². The summed E-state index contributed by atoms with van der Waals surface area (Å²) in [4.78, 5) is 36.0. The van der Waals surface area contributed by atoms with Crippen molar-refractivity contribution in [2.24, 2.45) is 5.92 Å². The number of hydrogen-bond donors (Lipinski definition) is 2. The van der Waals surface area contributed by atoms with E-state index in [1.54, 1.807) is 18.7 Å². The van der Waals surface area contributed by atoms with Crippen LogP contribution in [0.15, 0.2) is 36.9 Å². The molecule has 3 aromatic heterocycles. The molecule has 36 heavy (non-hydrogen) atoms. The average Bonchev–Trinajstić information content (AvgIpc) is 3.32. The molecule has 1 fully saturated rings. The van der Waals surface area contributed by atoms with Crippen LogP contribution >= 0.6 is 0 Å². The fourth-order valence-electron chi connectivity index (χ4n) is 5.42. The van der Waals surface area contributed by atoms with E-state index in [2.05, 4.69) is 55.1 Å². The van der Waals surface area contributed by atoms with E-state index in [1.165, 1.54) is 19.3 Å². The molecule has 0 radical (unpaired) electrons. The van der Waals surface area contributed by atoms with Crippen LogP contribution in [0.2, 0.25) is 0 Å². The molecule has 0 bridgehead atoms. The van der Waals surface area contributed by atoms with Crippen molar-refractivity contribution in [2.45, 2.75) is 65.1 Å². The second-order valence-electron chi connectivity index (χ2n) is 10.1. The first kappa shape index (κ1) is 22.7. The van der Waals surface area contributed by atoms with Gasteiger partial charge < -0.3 is 9.88 Å². The maximum absolute atomic E-state index is 13.1. The monoisotopic (exact) mass is 482 g/mol. The zero-order valence-electron chi connectivity index (χ0n) is 21.0. The fourth-order valence-corrected chi connectivity index (χ4v) is 5.42. The number of hydrogen-bond acceptors (Lipinski definition) is 7. The molecule has 0 saturated heterocycles. The molecule has 1 aliphatic heterocycles. The molecule has 2 aliphatic rings. The normalized spacial score (nSPS) is 20.3. The third-order valence-corrected chi connectivity index (χ3v) is 7.79. The highest BCUT2D eigenvalue weighted by molar-refractivity contribution is 6.06. The van der Waals surface area contributed by atoms with E-state index >= 15 is 0 Å². The molecule has 184 valence electrons. The van der Waals surface area contributed by atoms with Gasteiger partial charge in [0.15, 0.2) is 5.65 Å². The number of imidazole rings is 1. The summed E-state index contributed by atoms with van der Waals surface area (Å²) in [5.41, 5.74) is 4.90. The number of anilines is 1. The molecule has 4 heterocycles. The molecule has 4 aromatic rings. The second-order valence-corrected chi connectivity index (χ2v) is 10.1. The first-order valence-corrected chi connectivity index (χ1v) is 12.6. The number of aryl methyl sites for hydroxylation is 2. The summed E-state index contributed by atoms with van der Waals surface area (Å²) < 4.78 is 2.05. The highest BCUT2D eigenvalue weighted by atomic mass is 16.2. The summed E-state index contributed by atoms with van der Waals surface area (Å²) in [7, 11) is 0. The molecule has 0 spiro atoms. The van der Waals surface area contributed by atoms with Crippen molar-refractivity contribution in [3.63, 3.8) is 0 Å². The van der Waals surface area contributed by atoms with E-state index in [1.807, 2.05) is 26.0 Å². The molecular formula is C27H30N8O. The zero-order chi connectivity index (χ0) is 25.0. The third-order valence-electron chi connectivity index (χ3n) is 7.79. The van der Waals surface area contributed by atoms with Gasteiger partial charge in [0, 0.05) is 41.8 Å². The fraction of sp³-hybridized carbons (Fsp3) is 0.407. The van der Waals surface area contributed by atoms with Gasteiger partial charge in [-0.05, 0) is 58.6 Å². The smallest absolute Gasteiger partial charge is 0.249 e. The Morgan fingerprint density at radius 2 is 1.94 bits per heavy atom. The number of carbonyl (C=O) groups is 1. The summed E-state index contributed by atoms with van der Waals surface area (Å²) in [6, 6.07) is 6.27. The first-order valence-electron chi connectivity index (χ1n) is 12.6. The van der Waals surface area contributed by atoms with Crippen LogP contribution in [0.5, 0.6) is 0 Å². The standard InChI is InChI=1S/C27H30N8O/c1-5-35-24(19-12-28-16(3)29-13-19)33-23-22(30-14-31-25(23)35)18-9-10-21-20(11-18)27(4,26(36)32-21)34-15(2)17-7-6-8-17/h9-15,17,34H,5-8H2,1-4H3,(H,32,36)/t15-,27?/m0/s1. The van der Waals surface area contributed by atoms with Gasteiger partial charge in [0.2, 0.25) is 5.91 Å².